The van der Waals surface area contributed by atoms with Gasteiger partial charge in [0.2, 0.25) is 5.88 Å². The Balaban J connectivity index is 2.40. The molecule has 0 atom stereocenters. The Morgan fingerprint density at radius 3 is 2.67 bits per heavy atom. The Labute approximate surface area is 107 Å². The summed E-state index contributed by atoms with van der Waals surface area (Å²) in [5.41, 5.74) is 1.11. The molecule has 18 heavy (non-hydrogen) atoms. The summed E-state index contributed by atoms with van der Waals surface area (Å²) in [5, 5.41) is 17.4. The third kappa shape index (κ3) is 2.30. The van der Waals surface area contributed by atoms with Crippen LogP contribution in [0.1, 0.15) is 22.3 Å². The summed E-state index contributed by atoms with van der Waals surface area (Å²) in [6.45, 7) is 1.87. The Kier molecular flexibility index (Phi) is 3.52. The molecule has 0 bridgehead atoms. The summed E-state index contributed by atoms with van der Waals surface area (Å²) >= 11 is 1.10. The summed E-state index contributed by atoms with van der Waals surface area (Å²) in [4.78, 5) is 15.6. The van der Waals surface area contributed by atoms with Crippen LogP contribution in [0.3, 0.4) is 0 Å². The smallest absolute Gasteiger partial charge is 0.347 e. The van der Waals surface area contributed by atoms with Gasteiger partial charge in [0, 0.05) is 6.07 Å². The van der Waals surface area contributed by atoms with Gasteiger partial charge in [-0.2, -0.15) is 0 Å². The minimum Gasteiger partial charge on any atom is -0.480 e. The Hall–Kier alpha value is -2.02. The van der Waals surface area contributed by atoms with E-state index < -0.39 is 5.97 Å². The van der Waals surface area contributed by atoms with Gasteiger partial charge < -0.3 is 9.84 Å². The molecule has 94 valence electrons. The van der Waals surface area contributed by atoms with Crippen molar-refractivity contribution in [2.24, 2.45) is 0 Å². The number of thiazole rings is 1. The molecule has 0 aliphatic rings. The van der Waals surface area contributed by atoms with Gasteiger partial charge in [-0.3, -0.25) is 0 Å². The molecule has 0 saturated carbocycles. The Morgan fingerprint density at radius 2 is 2.22 bits per heavy atom. The maximum atomic E-state index is 11.0. The quantitative estimate of drug-likeness (QED) is 0.908. The fourth-order valence-electron chi connectivity index (χ4n) is 1.41. The van der Waals surface area contributed by atoms with Gasteiger partial charge in [0.1, 0.15) is 15.6 Å². The van der Waals surface area contributed by atoms with Gasteiger partial charge in [-0.25, -0.2) is 9.78 Å². The molecular weight excluding hydrogens is 254 g/mol. The zero-order chi connectivity index (χ0) is 13.1. The van der Waals surface area contributed by atoms with Gasteiger partial charge in [0.25, 0.3) is 0 Å². The highest BCUT2D eigenvalue weighted by molar-refractivity contribution is 7.17. The normalized spacial score (nSPS) is 10.3. The third-order valence-electron chi connectivity index (χ3n) is 2.29. The van der Waals surface area contributed by atoms with Crippen LogP contribution in [0.4, 0.5) is 0 Å². The minimum absolute atomic E-state index is 0.255. The first-order valence-electron chi connectivity index (χ1n) is 5.26. The van der Waals surface area contributed by atoms with E-state index in [0.29, 0.717) is 28.7 Å². The molecule has 0 amide bonds. The molecule has 2 heterocycles. The third-order valence-corrected chi connectivity index (χ3v) is 3.40. The van der Waals surface area contributed by atoms with Crippen molar-refractivity contribution >= 4 is 17.3 Å². The van der Waals surface area contributed by atoms with Crippen molar-refractivity contribution in [2.75, 3.05) is 7.11 Å². The van der Waals surface area contributed by atoms with E-state index in [4.69, 9.17) is 9.84 Å². The van der Waals surface area contributed by atoms with Crippen molar-refractivity contribution in [3.05, 3.63) is 22.7 Å². The number of carbonyl (C=O) groups is 1. The molecule has 0 aliphatic carbocycles. The molecule has 0 saturated heterocycles. The summed E-state index contributed by atoms with van der Waals surface area (Å²) in [5.74, 6) is -0.554. The predicted octanol–water partition coefficient (Wildman–Crippen LogP) is 1.87. The monoisotopic (exact) mass is 265 g/mol. The standard InChI is InChI=1S/C11H11N3O3S/c1-3-6-9(11(15)16)18-10(12-6)7-4-5-8(17-2)14-13-7/h4-5H,3H2,1-2H3,(H,15,16). The van der Waals surface area contributed by atoms with Crippen molar-refractivity contribution in [3.63, 3.8) is 0 Å². The van der Waals surface area contributed by atoms with Crippen LogP contribution in [0.5, 0.6) is 5.88 Å². The van der Waals surface area contributed by atoms with Crippen LogP contribution < -0.4 is 4.74 Å². The average Bonchev–Trinajstić information content (AvgIpc) is 2.83. The second-order valence-corrected chi connectivity index (χ2v) is 4.41. The van der Waals surface area contributed by atoms with Crippen LogP contribution in [0.2, 0.25) is 0 Å². The Morgan fingerprint density at radius 1 is 1.44 bits per heavy atom. The van der Waals surface area contributed by atoms with Gasteiger partial charge in [-0.05, 0) is 12.5 Å². The van der Waals surface area contributed by atoms with Crippen LogP contribution in [0.15, 0.2) is 12.1 Å². The maximum Gasteiger partial charge on any atom is 0.347 e. The van der Waals surface area contributed by atoms with E-state index in [9.17, 15) is 4.79 Å². The van der Waals surface area contributed by atoms with Crippen LogP contribution in [-0.4, -0.2) is 33.4 Å². The molecule has 2 rings (SSSR count). The van der Waals surface area contributed by atoms with Gasteiger partial charge >= 0.3 is 5.97 Å². The fraction of sp³-hybridized carbons (Fsp3) is 0.273. The van der Waals surface area contributed by atoms with E-state index >= 15 is 0 Å². The lowest BCUT2D eigenvalue weighted by molar-refractivity contribution is 0.0701. The van der Waals surface area contributed by atoms with Gasteiger partial charge in [-0.1, -0.05) is 6.92 Å². The zero-order valence-corrected chi connectivity index (χ0v) is 10.7. The summed E-state index contributed by atoms with van der Waals surface area (Å²) in [6.07, 6.45) is 0.571. The molecule has 2 aromatic rings. The minimum atomic E-state index is -0.961. The van der Waals surface area contributed by atoms with Crippen molar-refractivity contribution in [1.82, 2.24) is 15.2 Å². The SMILES string of the molecule is CCc1nc(-c2ccc(OC)nn2)sc1C(=O)O. The van der Waals surface area contributed by atoms with E-state index in [1.165, 1.54) is 7.11 Å². The molecule has 0 spiro atoms. The van der Waals surface area contributed by atoms with E-state index in [1.807, 2.05) is 6.92 Å². The molecule has 0 aliphatic heterocycles. The van der Waals surface area contributed by atoms with Crippen LogP contribution in [0.25, 0.3) is 10.7 Å². The first kappa shape index (κ1) is 12.4. The van der Waals surface area contributed by atoms with Crippen molar-refractivity contribution < 1.29 is 14.6 Å². The number of hydrogen-bond acceptors (Lipinski definition) is 6. The molecule has 0 unspecified atom stereocenters. The molecule has 0 fully saturated rings. The highest BCUT2D eigenvalue weighted by Crippen LogP contribution is 2.27. The lowest BCUT2D eigenvalue weighted by Crippen LogP contribution is -1.97. The van der Waals surface area contributed by atoms with Gasteiger partial charge in [0.05, 0.1) is 12.8 Å². The summed E-state index contributed by atoms with van der Waals surface area (Å²) < 4.78 is 4.91. The number of carboxylic acid groups (broad SMARTS) is 1. The number of aryl methyl sites for hydroxylation is 1. The number of carboxylic acids is 1. The molecule has 7 heteroatoms. The molecular formula is C11H11N3O3S. The van der Waals surface area contributed by atoms with Gasteiger partial charge in [0.15, 0.2) is 0 Å². The number of methoxy groups -OCH3 is 1. The van der Waals surface area contributed by atoms with Crippen molar-refractivity contribution in [1.29, 1.82) is 0 Å². The Bertz CT molecular complexity index is 565. The molecule has 1 N–H and O–H groups in total. The topological polar surface area (TPSA) is 85.2 Å². The second kappa shape index (κ2) is 5.09. The molecule has 6 nitrogen and oxygen atoms in total. The highest BCUT2D eigenvalue weighted by Gasteiger charge is 2.17. The maximum absolute atomic E-state index is 11.0. The lowest BCUT2D eigenvalue weighted by atomic mass is 10.3. The van der Waals surface area contributed by atoms with Crippen molar-refractivity contribution in [3.8, 4) is 16.6 Å². The highest BCUT2D eigenvalue weighted by atomic mass is 32.1. The largest absolute Gasteiger partial charge is 0.480 e. The van der Waals surface area contributed by atoms with Crippen molar-refractivity contribution in [2.45, 2.75) is 13.3 Å². The number of ether oxygens (including phenoxy) is 1. The lowest BCUT2D eigenvalue weighted by Gasteiger charge is -1.97. The van der Waals surface area contributed by atoms with E-state index in [0.717, 1.165) is 11.3 Å². The molecule has 0 radical (unpaired) electrons. The average molecular weight is 265 g/mol. The van der Waals surface area contributed by atoms with E-state index in [1.54, 1.807) is 12.1 Å². The zero-order valence-electron chi connectivity index (χ0n) is 9.88. The predicted molar refractivity (Wildman–Crippen MR) is 66.0 cm³/mol. The summed E-state index contributed by atoms with van der Waals surface area (Å²) in [7, 11) is 1.50. The first-order chi connectivity index (χ1) is 8.65. The van der Waals surface area contributed by atoms with E-state index in [-0.39, 0.29) is 4.88 Å². The van der Waals surface area contributed by atoms with Crippen LogP contribution in [-0.2, 0) is 6.42 Å². The number of aromatic carboxylic acids is 1. The number of nitrogens with zero attached hydrogens (tertiary/aromatic N) is 3. The fourth-order valence-corrected chi connectivity index (χ4v) is 2.37. The second-order valence-electron chi connectivity index (χ2n) is 3.41. The molecule has 0 aromatic carbocycles. The number of aromatic nitrogens is 3. The number of rotatable bonds is 4. The van der Waals surface area contributed by atoms with Crippen LogP contribution >= 0.6 is 11.3 Å². The molecule has 2 aromatic heterocycles. The van der Waals surface area contributed by atoms with Crippen LogP contribution in [0, 0.1) is 0 Å². The number of hydrogen-bond donors (Lipinski definition) is 1. The van der Waals surface area contributed by atoms with Gasteiger partial charge in [-0.15, -0.1) is 21.5 Å². The van der Waals surface area contributed by atoms with E-state index in [2.05, 4.69) is 15.2 Å². The summed E-state index contributed by atoms with van der Waals surface area (Å²) in [6, 6.07) is 3.37. The first-order valence-corrected chi connectivity index (χ1v) is 6.08.